The highest BCUT2D eigenvalue weighted by Gasteiger charge is 2.19. The highest BCUT2D eigenvalue weighted by molar-refractivity contribution is 7.98. The van der Waals surface area contributed by atoms with E-state index in [1.807, 2.05) is 71.3 Å². The molecule has 9 heteroatoms. The van der Waals surface area contributed by atoms with Crippen LogP contribution in [0.2, 0.25) is 5.02 Å². The number of thiophene rings is 1. The molecule has 0 fully saturated rings. The Bertz CT molecular complexity index is 1460. The number of para-hydroxylation sites is 1. The lowest BCUT2D eigenvalue weighted by Gasteiger charge is -2.13. The van der Waals surface area contributed by atoms with E-state index in [0.717, 1.165) is 33.3 Å². The maximum Gasteiger partial charge on any atom is 0.273 e. The average molecular weight is 483 g/mol. The van der Waals surface area contributed by atoms with Crippen LogP contribution in [-0.2, 0) is 12.3 Å². The lowest BCUT2D eigenvalue weighted by atomic mass is 10.2. The van der Waals surface area contributed by atoms with Gasteiger partial charge in [-0.25, -0.2) is 0 Å². The predicted molar refractivity (Wildman–Crippen MR) is 130 cm³/mol. The van der Waals surface area contributed by atoms with Crippen LogP contribution in [0.25, 0.3) is 16.0 Å². The van der Waals surface area contributed by atoms with Gasteiger partial charge in [0.1, 0.15) is 10.4 Å². The van der Waals surface area contributed by atoms with Crippen molar-refractivity contribution in [2.75, 3.05) is 6.61 Å². The van der Waals surface area contributed by atoms with Crippen LogP contribution in [0.5, 0.6) is 5.75 Å². The molecule has 3 aromatic heterocycles. The first-order valence-corrected chi connectivity index (χ1v) is 12.3. The van der Waals surface area contributed by atoms with Gasteiger partial charge in [0.25, 0.3) is 5.56 Å². The van der Waals surface area contributed by atoms with Crippen LogP contribution < -0.4 is 10.3 Å². The Balaban J connectivity index is 1.59. The van der Waals surface area contributed by atoms with E-state index >= 15 is 0 Å². The number of fused-ring (bicyclic) bond motifs is 3. The summed E-state index contributed by atoms with van der Waals surface area (Å²) in [5, 5.41) is 12.2. The molecule has 0 saturated heterocycles. The number of aromatic nitrogens is 4. The van der Waals surface area contributed by atoms with E-state index in [4.69, 9.17) is 16.3 Å². The summed E-state index contributed by atoms with van der Waals surface area (Å²) in [5.41, 5.74) is 2.81. The Labute approximate surface area is 197 Å². The van der Waals surface area contributed by atoms with Gasteiger partial charge in [-0.2, -0.15) is 0 Å². The van der Waals surface area contributed by atoms with Gasteiger partial charge >= 0.3 is 0 Å². The number of hydrogen-bond donors (Lipinski definition) is 0. The fraction of sp³-hybridized carbons (Fsp3) is 0.174. The second kappa shape index (κ2) is 8.97. The van der Waals surface area contributed by atoms with Crippen LogP contribution in [-0.4, -0.2) is 25.8 Å². The molecule has 0 atom stereocenters. The number of hydrogen-bond acceptors (Lipinski definition) is 6. The highest BCUT2D eigenvalue weighted by atomic mass is 35.5. The summed E-state index contributed by atoms with van der Waals surface area (Å²) in [6.07, 6.45) is 0. The first-order chi connectivity index (χ1) is 15.7. The van der Waals surface area contributed by atoms with E-state index < -0.39 is 0 Å². The molecule has 0 N–H and O–H groups in total. The van der Waals surface area contributed by atoms with E-state index in [1.54, 1.807) is 16.3 Å². The molecule has 0 unspecified atom stereocenters. The molecule has 0 aliphatic heterocycles. The van der Waals surface area contributed by atoms with Gasteiger partial charge in [0.05, 0.1) is 18.7 Å². The van der Waals surface area contributed by atoms with Gasteiger partial charge in [0.2, 0.25) is 5.78 Å². The minimum Gasteiger partial charge on any atom is -0.494 e. The van der Waals surface area contributed by atoms with Crippen LogP contribution in [0.4, 0.5) is 0 Å². The summed E-state index contributed by atoms with van der Waals surface area (Å²) >= 11 is 9.01. The topological polar surface area (TPSA) is 61.4 Å². The highest BCUT2D eigenvalue weighted by Crippen LogP contribution is 2.28. The first-order valence-electron chi connectivity index (χ1n) is 10.1. The standard InChI is InChI=1S/C23H19ClN4O2S2/c1-2-30-19-6-4-3-5-16(19)13-27-21(29)20-18(11-12-31-20)28-22(27)25-26-23(28)32-14-15-7-9-17(24)10-8-15/h3-12H,2,13-14H2,1H3. The van der Waals surface area contributed by atoms with Crippen LogP contribution in [0.15, 0.2) is 69.9 Å². The van der Waals surface area contributed by atoms with E-state index in [2.05, 4.69) is 10.2 Å². The molecule has 3 heterocycles. The third-order valence-electron chi connectivity index (χ3n) is 5.06. The number of rotatable bonds is 7. The number of ether oxygens (including phenoxy) is 1. The van der Waals surface area contributed by atoms with Gasteiger partial charge in [-0.05, 0) is 42.1 Å². The summed E-state index contributed by atoms with van der Waals surface area (Å²) in [6.45, 7) is 2.86. The predicted octanol–water partition coefficient (Wildman–Crippen LogP) is 5.50. The number of nitrogens with zero attached hydrogens (tertiary/aromatic N) is 4. The quantitative estimate of drug-likeness (QED) is 0.287. The third-order valence-corrected chi connectivity index (χ3v) is 7.21. The summed E-state index contributed by atoms with van der Waals surface area (Å²) in [4.78, 5) is 13.3. The van der Waals surface area contributed by atoms with Gasteiger partial charge in [-0.15, -0.1) is 21.5 Å². The van der Waals surface area contributed by atoms with Gasteiger partial charge < -0.3 is 4.74 Å². The molecule has 6 nitrogen and oxygen atoms in total. The van der Waals surface area contributed by atoms with Gasteiger partial charge in [-0.1, -0.05) is 53.7 Å². The largest absolute Gasteiger partial charge is 0.494 e. The Hall–Kier alpha value is -2.81. The smallest absolute Gasteiger partial charge is 0.273 e. The molecule has 5 rings (SSSR count). The van der Waals surface area contributed by atoms with Gasteiger partial charge in [0, 0.05) is 16.3 Å². The molecule has 5 aromatic rings. The molecule has 0 saturated carbocycles. The Morgan fingerprint density at radius 3 is 2.72 bits per heavy atom. The second-order valence-corrected chi connectivity index (χ2v) is 9.40. The van der Waals surface area contributed by atoms with Crippen molar-refractivity contribution >= 4 is 50.7 Å². The minimum atomic E-state index is -0.0737. The normalized spacial score (nSPS) is 11.4. The summed E-state index contributed by atoms with van der Waals surface area (Å²) in [7, 11) is 0. The molecule has 0 bridgehead atoms. The fourth-order valence-corrected chi connectivity index (χ4v) is 5.41. The minimum absolute atomic E-state index is 0.0737. The van der Waals surface area contributed by atoms with Crippen LogP contribution >= 0.6 is 34.7 Å². The van der Waals surface area contributed by atoms with E-state index in [0.29, 0.717) is 28.7 Å². The Morgan fingerprint density at radius 1 is 1.09 bits per heavy atom. The van der Waals surface area contributed by atoms with Crippen molar-refractivity contribution in [1.29, 1.82) is 0 Å². The van der Waals surface area contributed by atoms with Crippen molar-refractivity contribution in [1.82, 2.24) is 19.2 Å². The van der Waals surface area contributed by atoms with Crippen LogP contribution in [0.1, 0.15) is 18.1 Å². The molecule has 0 radical (unpaired) electrons. The van der Waals surface area contributed by atoms with Gasteiger partial charge in [-0.3, -0.25) is 13.8 Å². The molecule has 0 aliphatic carbocycles. The van der Waals surface area contributed by atoms with Crippen molar-refractivity contribution in [3.63, 3.8) is 0 Å². The molecule has 2 aromatic carbocycles. The molecule has 32 heavy (non-hydrogen) atoms. The first kappa shape index (κ1) is 21.1. The van der Waals surface area contributed by atoms with Crippen LogP contribution in [0, 0.1) is 0 Å². The number of halogens is 1. The van der Waals surface area contributed by atoms with Crippen LogP contribution in [0.3, 0.4) is 0 Å². The van der Waals surface area contributed by atoms with E-state index in [1.165, 1.54) is 11.3 Å². The summed E-state index contributed by atoms with van der Waals surface area (Å²) in [5.74, 6) is 2.00. The van der Waals surface area contributed by atoms with Gasteiger partial charge in [0.15, 0.2) is 5.16 Å². The maximum absolute atomic E-state index is 13.3. The lowest BCUT2D eigenvalue weighted by Crippen LogP contribution is -2.23. The molecule has 0 amide bonds. The SMILES string of the molecule is CCOc1ccccc1Cn1c(=O)c2sccc2n2c(SCc3ccc(Cl)cc3)nnc12. The van der Waals surface area contributed by atoms with E-state index in [-0.39, 0.29) is 5.56 Å². The second-order valence-electron chi connectivity index (χ2n) is 7.10. The zero-order valence-corrected chi connectivity index (χ0v) is 19.6. The van der Waals surface area contributed by atoms with E-state index in [9.17, 15) is 4.79 Å². The monoisotopic (exact) mass is 482 g/mol. The van der Waals surface area contributed by atoms with Crippen molar-refractivity contribution in [3.05, 3.63) is 86.5 Å². The van der Waals surface area contributed by atoms with Crippen molar-refractivity contribution in [3.8, 4) is 5.75 Å². The molecular formula is C23H19ClN4O2S2. The number of thioether (sulfide) groups is 1. The Morgan fingerprint density at radius 2 is 1.91 bits per heavy atom. The van der Waals surface area contributed by atoms with Crippen molar-refractivity contribution in [2.24, 2.45) is 0 Å². The molecule has 0 spiro atoms. The zero-order valence-electron chi connectivity index (χ0n) is 17.2. The fourth-order valence-electron chi connectivity index (χ4n) is 3.57. The summed E-state index contributed by atoms with van der Waals surface area (Å²) in [6, 6.07) is 17.5. The molecule has 162 valence electrons. The van der Waals surface area contributed by atoms with Crippen molar-refractivity contribution in [2.45, 2.75) is 24.4 Å². The molecular weight excluding hydrogens is 464 g/mol. The average Bonchev–Trinajstić information content (AvgIpc) is 3.45. The maximum atomic E-state index is 13.3. The lowest BCUT2D eigenvalue weighted by molar-refractivity contribution is 0.336. The third kappa shape index (κ3) is 3.90. The number of benzene rings is 2. The Kier molecular flexibility index (Phi) is 5.91. The molecule has 0 aliphatic rings. The van der Waals surface area contributed by atoms with Crippen molar-refractivity contribution < 1.29 is 4.74 Å². The summed E-state index contributed by atoms with van der Waals surface area (Å²) < 4.78 is 10.1. The zero-order chi connectivity index (χ0) is 22.1.